The molecule has 2 N–H and O–H groups in total. The van der Waals surface area contributed by atoms with Gasteiger partial charge in [-0.15, -0.1) is 0 Å². The highest BCUT2D eigenvalue weighted by molar-refractivity contribution is 6.05. The number of nitrogens with zero attached hydrogens (tertiary/aromatic N) is 2. The zero-order chi connectivity index (χ0) is 14.6. The Bertz CT molecular complexity index is 666. The summed E-state index contributed by atoms with van der Waals surface area (Å²) in [5, 5.41) is 18.0. The molecule has 8 heteroatoms. The van der Waals surface area contributed by atoms with Crippen LogP contribution in [0.25, 0.3) is 0 Å². The van der Waals surface area contributed by atoms with Crippen molar-refractivity contribution in [2.45, 2.75) is 6.92 Å². The van der Waals surface area contributed by atoms with Crippen molar-refractivity contribution < 1.29 is 29.4 Å². The zero-order valence-corrected chi connectivity index (χ0v) is 9.50. The third-order valence-electron chi connectivity index (χ3n) is 2.30. The number of carbonyl (C=O) groups excluding carboxylic acids is 2. The molecule has 0 saturated carbocycles. The molecule has 0 amide bonds. The van der Waals surface area contributed by atoms with Crippen LogP contribution in [0.4, 0.5) is 11.4 Å². The predicted octanol–water partition coefficient (Wildman–Crippen LogP) is 1.33. The van der Waals surface area contributed by atoms with Crippen LogP contribution in [0.5, 0.6) is 0 Å². The highest BCUT2D eigenvalue weighted by atomic mass is 16.4. The van der Waals surface area contributed by atoms with Crippen molar-refractivity contribution in [1.82, 2.24) is 0 Å². The van der Waals surface area contributed by atoms with Crippen molar-refractivity contribution in [3.8, 4) is 0 Å². The van der Waals surface area contributed by atoms with E-state index in [0.717, 1.165) is 12.1 Å². The van der Waals surface area contributed by atoms with E-state index in [9.17, 15) is 19.2 Å². The molecule has 0 aliphatic rings. The van der Waals surface area contributed by atoms with Crippen molar-refractivity contribution in [1.29, 1.82) is 0 Å². The van der Waals surface area contributed by atoms with Crippen molar-refractivity contribution in [3.05, 3.63) is 22.8 Å². The zero-order valence-electron chi connectivity index (χ0n) is 9.50. The highest BCUT2D eigenvalue weighted by Gasteiger charge is 2.23. The molecule has 0 radical (unpaired) electrons. The van der Waals surface area contributed by atoms with Crippen LogP contribution in [-0.4, -0.2) is 34.3 Å². The maximum absolute atomic E-state index is 11.1. The summed E-state index contributed by atoms with van der Waals surface area (Å²) in [6, 6.07) is 0.936. The second-order valence-electron chi connectivity index (χ2n) is 3.31. The molecule has 0 aromatic heterocycles. The minimum Gasteiger partial charge on any atom is -0.478 e. The minimum atomic E-state index is -1.51. The lowest BCUT2D eigenvalue weighted by Crippen LogP contribution is -2.06. The Kier molecular flexibility index (Phi) is 4.05. The van der Waals surface area contributed by atoms with E-state index in [4.69, 9.17) is 10.2 Å². The molecule has 0 heterocycles. The number of carbonyl (C=O) groups is 2. The van der Waals surface area contributed by atoms with Crippen LogP contribution < -0.4 is 0 Å². The van der Waals surface area contributed by atoms with E-state index in [1.807, 2.05) is 0 Å². The van der Waals surface area contributed by atoms with Crippen molar-refractivity contribution in [3.63, 3.8) is 0 Å². The topological polar surface area (TPSA) is 133 Å². The first kappa shape index (κ1) is 14.0. The van der Waals surface area contributed by atoms with E-state index in [0.29, 0.717) is 0 Å². The standard InChI is InChI=1S/C11H6N2O6/c1-5-7(12-3-14)2-6(10(16)17)9(13-4-15)8(5)11(18)19/h2H,1H3,(H,16,17)(H,18,19). The summed E-state index contributed by atoms with van der Waals surface area (Å²) in [5.74, 6) is -3.02. The van der Waals surface area contributed by atoms with Gasteiger partial charge in [-0.05, 0) is 18.6 Å². The van der Waals surface area contributed by atoms with Crippen LogP contribution >= 0.6 is 0 Å². The predicted molar refractivity (Wildman–Crippen MR) is 60.7 cm³/mol. The number of aliphatic imine (C=N–C) groups is 2. The van der Waals surface area contributed by atoms with E-state index in [2.05, 4.69) is 9.98 Å². The van der Waals surface area contributed by atoms with Gasteiger partial charge in [-0.2, -0.15) is 9.98 Å². The molecule has 0 saturated heterocycles. The Balaban J connectivity index is 3.93. The Morgan fingerprint density at radius 1 is 1.11 bits per heavy atom. The van der Waals surface area contributed by atoms with Gasteiger partial charge in [0.05, 0.1) is 16.8 Å². The van der Waals surface area contributed by atoms with Gasteiger partial charge in [0.15, 0.2) is 0 Å². The second kappa shape index (κ2) is 5.50. The summed E-state index contributed by atoms with van der Waals surface area (Å²) in [7, 11) is 0. The molecule has 0 unspecified atom stereocenters. The molecular weight excluding hydrogens is 256 g/mol. The average Bonchev–Trinajstić information content (AvgIpc) is 2.32. The lowest BCUT2D eigenvalue weighted by molar-refractivity contribution is 0.0695. The first-order valence-electron chi connectivity index (χ1n) is 4.74. The van der Waals surface area contributed by atoms with Crippen LogP contribution in [0.2, 0.25) is 0 Å². The van der Waals surface area contributed by atoms with Gasteiger partial charge in [0.25, 0.3) is 0 Å². The first-order valence-corrected chi connectivity index (χ1v) is 4.74. The van der Waals surface area contributed by atoms with Crippen LogP contribution in [0.15, 0.2) is 16.1 Å². The van der Waals surface area contributed by atoms with Gasteiger partial charge in [-0.1, -0.05) is 0 Å². The molecule has 19 heavy (non-hydrogen) atoms. The largest absolute Gasteiger partial charge is 0.478 e. The normalized spacial score (nSPS) is 9.11. The summed E-state index contributed by atoms with van der Waals surface area (Å²) >= 11 is 0. The Morgan fingerprint density at radius 2 is 1.68 bits per heavy atom. The number of hydrogen-bond donors (Lipinski definition) is 2. The lowest BCUT2D eigenvalue weighted by atomic mass is 9.99. The molecule has 1 rings (SSSR count). The van der Waals surface area contributed by atoms with Crippen molar-refractivity contribution in [2.24, 2.45) is 9.98 Å². The summed E-state index contributed by atoms with van der Waals surface area (Å²) < 4.78 is 0. The number of rotatable bonds is 4. The Morgan fingerprint density at radius 3 is 2.11 bits per heavy atom. The highest BCUT2D eigenvalue weighted by Crippen LogP contribution is 2.34. The van der Waals surface area contributed by atoms with Crippen molar-refractivity contribution >= 4 is 35.5 Å². The van der Waals surface area contributed by atoms with Crippen molar-refractivity contribution in [2.75, 3.05) is 0 Å². The monoisotopic (exact) mass is 262 g/mol. The van der Waals surface area contributed by atoms with Gasteiger partial charge >= 0.3 is 11.9 Å². The summed E-state index contributed by atoms with van der Waals surface area (Å²) in [6.07, 6.45) is 2.28. The molecule has 0 bridgehead atoms. The number of carboxylic acid groups (broad SMARTS) is 2. The van der Waals surface area contributed by atoms with E-state index in [1.54, 1.807) is 0 Å². The molecule has 0 spiro atoms. The van der Waals surface area contributed by atoms with Gasteiger partial charge in [0.1, 0.15) is 5.69 Å². The first-order chi connectivity index (χ1) is 8.93. The quantitative estimate of drug-likeness (QED) is 0.620. The van der Waals surface area contributed by atoms with Gasteiger partial charge in [-0.3, -0.25) is 0 Å². The van der Waals surface area contributed by atoms with E-state index in [1.165, 1.54) is 13.0 Å². The fraction of sp³-hybridized carbons (Fsp3) is 0.0909. The average molecular weight is 262 g/mol. The number of isocyanates is 2. The fourth-order valence-corrected chi connectivity index (χ4v) is 1.51. The van der Waals surface area contributed by atoms with Crippen LogP contribution in [-0.2, 0) is 9.59 Å². The van der Waals surface area contributed by atoms with Crippen LogP contribution in [0, 0.1) is 6.92 Å². The smallest absolute Gasteiger partial charge is 0.338 e. The SMILES string of the molecule is Cc1c(N=C=O)cc(C(=O)O)c(N=C=O)c1C(=O)O. The molecule has 1 aromatic carbocycles. The van der Waals surface area contributed by atoms with Crippen LogP contribution in [0.1, 0.15) is 26.3 Å². The van der Waals surface area contributed by atoms with E-state index >= 15 is 0 Å². The lowest BCUT2D eigenvalue weighted by Gasteiger charge is -2.09. The molecule has 8 nitrogen and oxygen atoms in total. The van der Waals surface area contributed by atoms with Gasteiger partial charge in [-0.25, -0.2) is 19.2 Å². The minimum absolute atomic E-state index is 0.00477. The van der Waals surface area contributed by atoms with E-state index < -0.39 is 28.8 Å². The molecule has 96 valence electrons. The number of aromatic carboxylic acids is 2. The molecule has 1 aromatic rings. The maximum Gasteiger partial charge on any atom is 0.338 e. The third kappa shape index (κ3) is 2.61. The molecule has 0 atom stereocenters. The van der Waals surface area contributed by atoms with Crippen LogP contribution in [0.3, 0.4) is 0 Å². The number of carboxylic acids is 2. The maximum atomic E-state index is 11.1. The molecular formula is C11H6N2O6. The van der Waals surface area contributed by atoms with E-state index in [-0.39, 0.29) is 11.3 Å². The number of benzene rings is 1. The van der Waals surface area contributed by atoms with Gasteiger partial charge < -0.3 is 10.2 Å². The summed E-state index contributed by atoms with van der Waals surface area (Å²) in [5.41, 5.74) is -1.82. The number of hydrogen-bond acceptors (Lipinski definition) is 6. The third-order valence-corrected chi connectivity index (χ3v) is 2.30. The van der Waals surface area contributed by atoms with Gasteiger partial charge in [0, 0.05) is 0 Å². The Labute approximate surface area is 105 Å². The molecule has 0 aliphatic carbocycles. The summed E-state index contributed by atoms with van der Waals surface area (Å²) in [6.45, 7) is 1.30. The fourth-order valence-electron chi connectivity index (χ4n) is 1.51. The second-order valence-corrected chi connectivity index (χ2v) is 3.31. The van der Waals surface area contributed by atoms with Gasteiger partial charge in [0.2, 0.25) is 12.2 Å². The molecule has 0 fully saturated rings. The molecule has 0 aliphatic heterocycles. The Hall–Kier alpha value is -3.08. The summed E-state index contributed by atoms with van der Waals surface area (Å²) in [4.78, 5) is 49.0.